The number of aromatic nitrogens is 1. The summed E-state index contributed by atoms with van der Waals surface area (Å²) in [6.45, 7) is 8.24. The predicted octanol–water partition coefficient (Wildman–Crippen LogP) is 5.72. The van der Waals surface area contributed by atoms with E-state index in [1.807, 2.05) is 56.0 Å². The van der Waals surface area contributed by atoms with Crippen LogP contribution in [0.25, 0.3) is 27.1 Å². The number of ether oxygens (including phenoxy) is 1. The van der Waals surface area contributed by atoms with Crippen molar-refractivity contribution in [1.82, 2.24) is 0 Å². The Hall–Kier alpha value is -2.72. The maximum atomic E-state index is 13.1. The molecule has 0 atom stereocenters. The summed E-state index contributed by atoms with van der Waals surface area (Å²) in [6, 6.07) is 18.1. The summed E-state index contributed by atoms with van der Waals surface area (Å²) in [4.78, 5) is 3.01. The van der Waals surface area contributed by atoms with Crippen LogP contribution in [-0.2, 0) is 31.1 Å². The first kappa shape index (κ1) is 34.6. The van der Waals surface area contributed by atoms with E-state index >= 15 is 0 Å². The van der Waals surface area contributed by atoms with E-state index in [0.717, 1.165) is 41.6 Å². The zero-order valence-electron chi connectivity index (χ0n) is 26.5. The predicted molar refractivity (Wildman–Crippen MR) is 184 cm³/mol. The lowest BCUT2D eigenvalue weighted by atomic mass is 10.1. The molecule has 3 aromatic carbocycles. The molecule has 0 fully saturated rings. The quantitative estimate of drug-likeness (QED) is 0.0662. The Labute approximate surface area is 279 Å². The Morgan fingerprint density at radius 2 is 1.70 bits per heavy atom. The Kier molecular flexibility index (Phi) is 10.7. The minimum absolute atomic E-state index is 0.0604. The second-order valence-corrected chi connectivity index (χ2v) is 16.4. The zero-order valence-corrected chi connectivity index (χ0v) is 29.7. The highest BCUT2D eigenvalue weighted by Crippen LogP contribution is 2.48. The monoisotopic (exact) mass is 706 g/mol. The van der Waals surface area contributed by atoms with Crippen molar-refractivity contribution >= 4 is 76.1 Å². The van der Waals surface area contributed by atoms with Crippen molar-refractivity contribution in [2.24, 2.45) is 0 Å². The molecule has 1 aliphatic heterocycles. The van der Waals surface area contributed by atoms with Gasteiger partial charge < -0.3 is 14.2 Å². The number of nitrogens with zero attached hydrogens (tertiary/aromatic N) is 3. The first-order valence-corrected chi connectivity index (χ1v) is 20.1. The molecule has 0 radical (unpaired) electrons. The van der Waals surface area contributed by atoms with E-state index in [0.29, 0.717) is 44.9 Å². The van der Waals surface area contributed by atoms with Crippen molar-refractivity contribution in [2.75, 3.05) is 49.7 Å². The molecule has 0 N–H and O–H groups in total. The smallest absolute Gasteiger partial charge is 0.314 e. The minimum Gasteiger partial charge on any atom is -0.748 e. The van der Waals surface area contributed by atoms with Crippen LogP contribution in [0.4, 0.5) is 5.69 Å². The van der Waals surface area contributed by atoms with Crippen LogP contribution in [0.5, 0.6) is 5.75 Å². The van der Waals surface area contributed by atoms with Gasteiger partial charge in [0.2, 0.25) is 5.52 Å². The molecule has 4 aromatic rings. The molecule has 0 saturated heterocycles. The fourth-order valence-corrected chi connectivity index (χ4v) is 9.92. The summed E-state index contributed by atoms with van der Waals surface area (Å²) < 4.78 is 75.0. The van der Waals surface area contributed by atoms with Crippen molar-refractivity contribution in [2.45, 2.75) is 45.1 Å². The van der Waals surface area contributed by atoms with Gasteiger partial charge in [-0.05, 0) is 56.8 Å². The fraction of sp³-hybridized carbons (Fsp3) is 0.406. The van der Waals surface area contributed by atoms with Crippen LogP contribution in [0.1, 0.15) is 38.6 Å². The van der Waals surface area contributed by atoms with Gasteiger partial charge in [0.1, 0.15) is 30.1 Å². The highest BCUT2D eigenvalue weighted by atomic mass is 32.2. The van der Waals surface area contributed by atoms with Gasteiger partial charge in [-0.15, -0.1) is 0 Å². The summed E-state index contributed by atoms with van der Waals surface area (Å²) in [5, 5.41) is 3.96. The molecular formula is C32H40N3O7S4+. The van der Waals surface area contributed by atoms with E-state index < -0.39 is 26.0 Å². The van der Waals surface area contributed by atoms with Crippen LogP contribution < -0.4 is 14.2 Å². The Bertz CT molecular complexity index is 1960. The highest BCUT2D eigenvalue weighted by Gasteiger charge is 2.33. The normalized spacial score (nSPS) is 14.9. The second kappa shape index (κ2) is 14.2. The number of rotatable bonds is 15. The molecule has 14 heteroatoms. The summed E-state index contributed by atoms with van der Waals surface area (Å²) >= 11 is 3.17. The SMILES string of the molecule is CC[N+](CC)(CC)OS(=O)(=O)CCC[n+]1c(C=C2Sc3ccc(OC)cc3N2CCCS(=O)(=O)[O-])sc2ccc3ccccc3c21. The zero-order chi connectivity index (χ0) is 33.1. The lowest BCUT2D eigenvalue weighted by molar-refractivity contribution is -1.08. The van der Waals surface area contributed by atoms with E-state index in [4.69, 9.17) is 9.02 Å². The van der Waals surface area contributed by atoms with Crippen molar-refractivity contribution in [3.05, 3.63) is 64.6 Å². The lowest BCUT2D eigenvalue weighted by Crippen LogP contribution is -2.49. The molecule has 1 aliphatic rings. The number of methoxy groups -OCH3 is 1. The van der Waals surface area contributed by atoms with Gasteiger partial charge in [-0.3, -0.25) is 0 Å². The van der Waals surface area contributed by atoms with Crippen molar-refractivity contribution < 1.29 is 39.6 Å². The molecule has 46 heavy (non-hydrogen) atoms. The summed E-state index contributed by atoms with van der Waals surface area (Å²) in [5.41, 5.74) is 1.91. The van der Waals surface area contributed by atoms with Crippen molar-refractivity contribution in [3.63, 3.8) is 0 Å². The van der Waals surface area contributed by atoms with Crippen LogP contribution in [0.15, 0.2) is 64.5 Å². The van der Waals surface area contributed by atoms with Gasteiger partial charge in [-0.2, -0.15) is 17.6 Å². The molecule has 0 unspecified atom stereocenters. The number of hydrogen-bond donors (Lipinski definition) is 0. The Morgan fingerprint density at radius 3 is 2.39 bits per heavy atom. The number of aryl methyl sites for hydroxylation is 1. The molecular weight excluding hydrogens is 667 g/mol. The van der Waals surface area contributed by atoms with Crippen molar-refractivity contribution in [1.29, 1.82) is 0 Å². The summed E-state index contributed by atoms with van der Waals surface area (Å²) in [6.07, 6.45) is 2.59. The van der Waals surface area contributed by atoms with E-state index in [9.17, 15) is 21.4 Å². The van der Waals surface area contributed by atoms with Gasteiger partial charge in [0.05, 0.1) is 45.2 Å². The van der Waals surface area contributed by atoms with Crippen LogP contribution >= 0.6 is 23.1 Å². The summed E-state index contributed by atoms with van der Waals surface area (Å²) in [5.74, 6) is 0.0967. The fourth-order valence-electron chi connectivity index (χ4n) is 5.76. The standard InChI is InChI=1S/C32H40N3O7S4/c1-5-35(6-2,7-3)42-46(39,40)21-11-19-34-31(44-29-16-14-24-12-8-9-13-26(24)32(29)34)23-30-33(18-10-20-45(36,37)38)27-22-25(41-4)15-17-28(27)43-30/h8-9,12-17,22-23H,5-7,10-11,18-21H2,1-4H3/q+1. The number of quaternary nitrogens is 1. The minimum atomic E-state index is -4.36. The number of fused-ring (bicyclic) bond motifs is 4. The highest BCUT2D eigenvalue weighted by molar-refractivity contribution is 8.04. The third kappa shape index (κ3) is 7.70. The van der Waals surface area contributed by atoms with Crippen LogP contribution in [0.3, 0.4) is 0 Å². The van der Waals surface area contributed by atoms with Gasteiger partial charge in [-0.1, -0.05) is 51.6 Å². The van der Waals surface area contributed by atoms with Crippen LogP contribution in [-0.4, -0.2) is 70.8 Å². The van der Waals surface area contributed by atoms with Gasteiger partial charge >= 0.3 is 10.1 Å². The summed E-state index contributed by atoms with van der Waals surface area (Å²) in [7, 11) is -6.55. The molecule has 248 valence electrons. The van der Waals surface area contributed by atoms with E-state index in [1.54, 1.807) is 30.2 Å². The number of benzene rings is 3. The number of thioether (sulfide) groups is 1. The molecule has 0 amide bonds. The van der Waals surface area contributed by atoms with Crippen molar-refractivity contribution in [3.8, 4) is 5.75 Å². The van der Waals surface area contributed by atoms with E-state index in [2.05, 4.69) is 34.9 Å². The Morgan fingerprint density at radius 1 is 0.957 bits per heavy atom. The average Bonchev–Trinajstić information content (AvgIpc) is 3.56. The van der Waals surface area contributed by atoms with Gasteiger partial charge in [0.15, 0.2) is 6.54 Å². The maximum absolute atomic E-state index is 13.1. The molecule has 1 aromatic heterocycles. The Balaban J connectivity index is 1.53. The van der Waals surface area contributed by atoms with Gasteiger partial charge in [-0.25, -0.2) is 8.42 Å². The third-order valence-electron chi connectivity index (χ3n) is 8.35. The number of anilines is 1. The van der Waals surface area contributed by atoms with Crippen LogP contribution in [0.2, 0.25) is 0 Å². The lowest BCUT2D eigenvalue weighted by Gasteiger charge is -2.30. The topological polar surface area (TPSA) is 117 Å². The number of thiazole rings is 1. The third-order valence-corrected chi connectivity index (χ3v) is 12.7. The molecule has 2 heterocycles. The number of hydrogen-bond acceptors (Lipinski definition) is 10. The first-order valence-electron chi connectivity index (χ1n) is 15.3. The largest absolute Gasteiger partial charge is 0.748 e. The van der Waals surface area contributed by atoms with Crippen LogP contribution in [0, 0.1) is 0 Å². The second-order valence-electron chi connectivity index (χ2n) is 11.1. The molecule has 0 bridgehead atoms. The van der Waals surface area contributed by atoms with E-state index in [1.165, 1.54) is 0 Å². The molecule has 5 rings (SSSR count). The average molecular weight is 707 g/mol. The molecule has 0 spiro atoms. The number of hydroxylamine groups is 3. The molecule has 0 aliphatic carbocycles. The van der Waals surface area contributed by atoms with Gasteiger partial charge in [0.25, 0.3) is 5.01 Å². The maximum Gasteiger partial charge on any atom is 0.314 e. The first-order chi connectivity index (χ1) is 21.9. The van der Waals surface area contributed by atoms with Gasteiger partial charge in [0, 0.05) is 29.7 Å². The molecule has 0 saturated carbocycles. The molecule has 10 nitrogen and oxygen atoms in total. The van der Waals surface area contributed by atoms with E-state index in [-0.39, 0.29) is 16.8 Å².